The van der Waals surface area contributed by atoms with E-state index >= 15 is 0 Å². The fourth-order valence-electron chi connectivity index (χ4n) is 4.73. The number of ether oxygens (including phenoxy) is 2. The number of phenolic OH excluding ortho intramolecular Hbond substituents is 1. The number of hydrogen-bond acceptors (Lipinski definition) is 6. The lowest BCUT2D eigenvalue weighted by molar-refractivity contribution is 0.103. The van der Waals surface area contributed by atoms with E-state index in [2.05, 4.69) is 0 Å². The Hall–Kier alpha value is -6.83. The Labute approximate surface area is 325 Å². The van der Waals surface area contributed by atoms with E-state index in [0.29, 0.717) is 16.1 Å². The van der Waals surface area contributed by atoms with Gasteiger partial charge in [-0.05, 0) is 95.6 Å². The third-order valence-corrected chi connectivity index (χ3v) is 8.07. The molecule has 0 bridgehead atoms. The number of methoxy groups -OCH3 is 2. The monoisotopic (exact) mass is 752 g/mol. The van der Waals surface area contributed by atoms with Crippen molar-refractivity contribution in [2.75, 3.05) is 14.2 Å². The lowest BCUT2D eigenvalue weighted by atomic mass is 10.1. The first-order chi connectivity index (χ1) is 26.7. The Bertz CT molecular complexity index is 2130. The first-order valence-corrected chi connectivity index (χ1v) is 17.3. The number of carbonyl (C=O) groups is 3. The first kappa shape index (κ1) is 40.9. The van der Waals surface area contributed by atoms with Crippen LogP contribution < -0.4 is 9.47 Å². The van der Waals surface area contributed by atoms with Gasteiger partial charge in [0.05, 0.1) is 24.8 Å². The molecule has 6 nitrogen and oxygen atoms in total. The van der Waals surface area contributed by atoms with Crippen molar-refractivity contribution in [2.24, 2.45) is 0 Å². The highest BCUT2D eigenvalue weighted by Crippen LogP contribution is 2.18. The Morgan fingerprint density at radius 1 is 0.509 bits per heavy atom. The van der Waals surface area contributed by atoms with Crippen LogP contribution in [0, 0.1) is 5.82 Å². The van der Waals surface area contributed by atoms with Gasteiger partial charge in [-0.15, -0.1) is 0 Å². The second-order valence-corrected chi connectivity index (χ2v) is 12.0. The molecule has 0 aliphatic carbocycles. The van der Waals surface area contributed by atoms with Crippen LogP contribution in [0.2, 0.25) is 5.02 Å². The molecule has 0 saturated carbocycles. The molecule has 6 aromatic rings. The second-order valence-electron chi connectivity index (χ2n) is 11.6. The summed E-state index contributed by atoms with van der Waals surface area (Å²) in [6.07, 6.45) is 9.54. The van der Waals surface area contributed by atoms with Gasteiger partial charge >= 0.3 is 0 Å². The number of allylic oxidation sites excluding steroid dienone is 3. The van der Waals surface area contributed by atoms with E-state index in [1.54, 1.807) is 117 Å². The van der Waals surface area contributed by atoms with Gasteiger partial charge in [-0.2, -0.15) is 0 Å². The summed E-state index contributed by atoms with van der Waals surface area (Å²) >= 11 is 5.97. The van der Waals surface area contributed by atoms with Gasteiger partial charge in [0.15, 0.2) is 17.3 Å². The standard InChI is InChI=1S/C16H13ClO2.C16H13FO2.C15H12O2/c2*1-19-13-9-6-12(7-10-13)8-11-16(18)14-4-2-3-5-15(14)17;16-14-9-6-12(7-10-14)8-11-15(17)13-4-2-1-3-5-13/h2*2-11H,1H3;1-11,16H/b3*11-8+. The molecule has 0 atom stereocenters. The maximum atomic E-state index is 13.4. The molecule has 0 saturated heterocycles. The van der Waals surface area contributed by atoms with E-state index in [0.717, 1.165) is 28.2 Å². The van der Waals surface area contributed by atoms with Crippen molar-refractivity contribution in [3.05, 3.63) is 214 Å². The minimum atomic E-state index is -0.508. The van der Waals surface area contributed by atoms with Gasteiger partial charge in [-0.1, -0.05) is 121 Å². The topological polar surface area (TPSA) is 89.9 Å². The van der Waals surface area contributed by atoms with Crippen LogP contribution in [0.25, 0.3) is 18.2 Å². The number of phenols is 1. The maximum absolute atomic E-state index is 13.4. The number of benzene rings is 6. The molecule has 0 unspecified atom stereocenters. The average Bonchev–Trinajstić information content (AvgIpc) is 3.23. The summed E-state index contributed by atoms with van der Waals surface area (Å²) in [6, 6.07) is 43.4. The molecule has 0 spiro atoms. The van der Waals surface area contributed by atoms with E-state index in [1.807, 2.05) is 54.6 Å². The molecule has 0 aliphatic rings. The molecule has 0 aliphatic heterocycles. The second kappa shape index (κ2) is 21.6. The molecule has 55 heavy (non-hydrogen) atoms. The van der Waals surface area contributed by atoms with Crippen LogP contribution in [0.4, 0.5) is 4.39 Å². The molecule has 0 fully saturated rings. The van der Waals surface area contributed by atoms with Gasteiger partial charge < -0.3 is 14.6 Å². The van der Waals surface area contributed by atoms with Crippen LogP contribution in [0.3, 0.4) is 0 Å². The van der Waals surface area contributed by atoms with Gasteiger partial charge in [0.2, 0.25) is 0 Å². The Morgan fingerprint density at radius 3 is 1.38 bits per heavy atom. The Balaban J connectivity index is 0.000000184. The van der Waals surface area contributed by atoms with E-state index in [9.17, 15) is 18.8 Å². The van der Waals surface area contributed by atoms with Crippen molar-refractivity contribution in [2.45, 2.75) is 0 Å². The fraction of sp³-hybridized carbons (Fsp3) is 0.0426. The fourth-order valence-corrected chi connectivity index (χ4v) is 4.96. The number of ketones is 3. The summed E-state index contributed by atoms with van der Waals surface area (Å²) in [5.41, 5.74) is 3.92. The number of aromatic hydroxyl groups is 1. The number of halogens is 2. The van der Waals surface area contributed by atoms with Crippen molar-refractivity contribution in [3.63, 3.8) is 0 Å². The number of rotatable bonds is 11. The average molecular weight is 753 g/mol. The van der Waals surface area contributed by atoms with Crippen LogP contribution in [0.5, 0.6) is 17.2 Å². The van der Waals surface area contributed by atoms with Crippen LogP contribution in [0.1, 0.15) is 47.8 Å². The highest BCUT2D eigenvalue weighted by atomic mass is 35.5. The molecule has 8 heteroatoms. The number of carbonyl (C=O) groups excluding carboxylic acids is 3. The zero-order chi connectivity index (χ0) is 39.4. The zero-order valence-electron chi connectivity index (χ0n) is 30.1. The zero-order valence-corrected chi connectivity index (χ0v) is 30.9. The molecule has 0 radical (unpaired) electrons. The highest BCUT2D eigenvalue weighted by Gasteiger charge is 2.07. The summed E-state index contributed by atoms with van der Waals surface area (Å²) in [4.78, 5) is 35.5. The minimum Gasteiger partial charge on any atom is -0.508 e. The van der Waals surface area contributed by atoms with Gasteiger partial charge in [0.1, 0.15) is 23.1 Å². The lowest BCUT2D eigenvalue weighted by Crippen LogP contribution is -1.97. The SMILES string of the molecule is COc1ccc(/C=C/C(=O)c2ccccc2Cl)cc1.COc1ccc(/C=C/C(=O)c2ccccc2F)cc1.O=C(/C=C/c1ccc(O)cc1)c1ccccc1. The smallest absolute Gasteiger partial charge is 0.188 e. The first-order valence-electron chi connectivity index (χ1n) is 17.0. The predicted octanol–water partition coefficient (Wildman–Crippen LogP) is 11.3. The Kier molecular flexibility index (Phi) is 16.1. The minimum absolute atomic E-state index is 0.0290. The molecule has 0 heterocycles. The molecule has 6 rings (SSSR count). The molecular formula is C47H38ClFO6. The highest BCUT2D eigenvalue weighted by molar-refractivity contribution is 6.34. The molecular weight excluding hydrogens is 715 g/mol. The molecule has 0 aromatic heterocycles. The maximum Gasteiger partial charge on any atom is 0.188 e. The van der Waals surface area contributed by atoms with Crippen LogP contribution in [0.15, 0.2) is 170 Å². The quantitative estimate of drug-likeness (QED) is 0.105. The Morgan fingerprint density at radius 2 is 0.909 bits per heavy atom. The summed E-state index contributed by atoms with van der Waals surface area (Å²) in [5, 5.41) is 9.59. The normalized spacial score (nSPS) is 10.6. The van der Waals surface area contributed by atoms with E-state index in [-0.39, 0.29) is 28.7 Å². The van der Waals surface area contributed by atoms with E-state index in [1.165, 1.54) is 30.4 Å². The van der Waals surface area contributed by atoms with Gasteiger partial charge in [0, 0.05) is 11.1 Å². The molecule has 6 aromatic carbocycles. The number of hydrogen-bond donors (Lipinski definition) is 1. The molecule has 0 amide bonds. The summed E-state index contributed by atoms with van der Waals surface area (Å²) in [7, 11) is 3.21. The van der Waals surface area contributed by atoms with Crippen LogP contribution in [-0.2, 0) is 0 Å². The van der Waals surface area contributed by atoms with Gasteiger partial charge in [0.25, 0.3) is 0 Å². The third kappa shape index (κ3) is 13.6. The van der Waals surface area contributed by atoms with Gasteiger partial charge in [-0.25, -0.2) is 4.39 Å². The van der Waals surface area contributed by atoms with Gasteiger partial charge in [-0.3, -0.25) is 14.4 Å². The molecule has 1 N–H and O–H groups in total. The largest absolute Gasteiger partial charge is 0.508 e. The summed E-state index contributed by atoms with van der Waals surface area (Å²) in [5.74, 6) is 0.754. The van der Waals surface area contributed by atoms with Crippen LogP contribution >= 0.6 is 11.6 Å². The van der Waals surface area contributed by atoms with Crippen molar-refractivity contribution >= 4 is 47.2 Å². The van der Waals surface area contributed by atoms with Crippen molar-refractivity contribution in [1.82, 2.24) is 0 Å². The summed E-state index contributed by atoms with van der Waals surface area (Å²) in [6.45, 7) is 0. The van der Waals surface area contributed by atoms with Crippen molar-refractivity contribution in [1.29, 1.82) is 0 Å². The van der Waals surface area contributed by atoms with Crippen molar-refractivity contribution in [3.8, 4) is 17.2 Å². The summed E-state index contributed by atoms with van der Waals surface area (Å²) < 4.78 is 23.5. The van der Waals surface area contributed by atoms with E-state index in [4.69, 9.17) is 26.2 Å². The van der Waals surface area contributed by atoms with E-state index < -0.39 is 5.82 Å². The predicted molar refractivity (Wildman–Crippen MR) is 218 cm³/mol. The lowest BCUT2D eigenvalue weighted by Gasteiger charge is -2.00. The van der Waals surface area contributed by atoms with Crippen LogP contribution in [-0.4, -0.2) is 36.7 Å². The van der Waals surface area contributed by atoms with Crippen molar-refractivity contribution < 1.29 is 33.4 Å². The third-order valence-electron chi connectivity index (χ3n) is 7.74. The molecule has 276 valence electrons.